The van der Waals surface area contributed by atoms with Crippen LogP contribution in [0.25, 0.3) is 0 Å². The van der Waals surface area contributed by atoms with Gasteiger partial charge >= 0.3 is 0 Å². The molecular formula is C12H20N2O2. The van der Waals surface area contributed by atoms with Crippen LogP contribution in [0.4, 0.5) is 0 Å². The molecule has 1 heterocycles. The van der Waals surface area contributed by atoms with E-state index in [0.29, 0.717) is 24.9 Å². The van der Waals surface area contributed by atoms with E-state index in [-0.39, 0.29) is 24.0 Å². The molecule has 0 aromatic heterocycles. The van der Waals surface area contributed by atoms with Crippen molar-refractivity contribution in [3.63, 3.8) is 0 Å². The summed E-state index contributed by atoms with van der Waals surface area (Å²) in [6.45, 7) is 1.22. The zero-order valence-electron chi connectivity index (χ0n) is 9.51. The van der Waals surface area contributed by atoms with Gasteiger partial charge in [0.2, 0.25) is 5.91 Å². The maximum absolute atomic E-state index is 12.3. The number of aliphatic hydroxyl groups excluding tert-OH is 1. The molecule has 1 aliphatic heterocycles. The van der Waals surface area contributed by atoms with Crippen LogP contribution in [0.3, 0.4) is 0 Å². The minimum Gasteiger partial charge on any atom is -0.391 e. The number of fused-ring (bicyclic) bond motifs is 2. The first kappa shape index (κ1) is 10.5. The normalized spacial score (nSPS) is 46.6. The van der Waals surface area contributed by atoms with Crippen molar-refractivity contribution in [2.45, 2.75) is 37.8 Å². The number of hydrogen-bond acceptors (Lipinski definition) is 3. The van der Waals surface area contributed by atoms with Gasteiger partial charge in [-0.1, -0.05) is 0 Å². The molecule has 3 N–H and O–H groups in total. The summed E-state index contributed by atoms with van der Waals surface area (Å²) < 4.78 is 0. The van der Waals surface area contributed by atoms with Gasteiger partial charge in [0.25, 0.3) is 0 Å². The first-order valence-corrected chi connectivity index (χ1v) is 6.39. The van der Waals surface area contributed by atoms with Gasteiger partial charge in [-0.15, -0.1) is 0 Å². The Bertz CT molecular complexity index is 305. The highest BCUT2D eigenvalue weighted by Crippen LogP contribution is 2.48. The minimum absolute atomic E-state index is 0.0454. The lowest BCUT2D eigenvalue weighted by atomic mass is 9.84. The molecule has 4 unspecified atom stereocenters. The Morgan fingerprint density at radius 1 is 1.25 bits per heavy atom. The molecular weight excluding hydrogens is 204 g/mol. The number of amides is 1. The summed E-state index contributed by atoms with van der Waals surface area (Å²) in [5.74, 6) is 1.34. The highest BCUT2D eigenvalue weighted by atomic mass is 16.3. The van der Waals surface area contributed by atoms with Crippen LogP contribution in [-0.4, -0.2) is 41.1 Å². The van der Waals surface area contributed by atoms with Crippen molar-refractivity contribution >= 4 is 5.91 Å². The molecule has 5 atom stereocenters. The van der Waals surface area contributed by atoms with E-state index in [4.69, 9.17) is 5.73 Å². The summed E-state index contributed by atoms with van der Waals surface area (Å²) >= 11 is 0. The molecule has 1 amide bonds. The Labute approximate surface area is 95.8 Å². The Morgan fingerprint density at radius 3 is 2.56 bits per heavy atom. The van der Waals surface area contributed by atoms with E-state index in [1.807, 2.05) is 4.90 Å². The van der Waals surface area contributed by atoms with Crippen LogP contribution >= 0.6 is 0 Å². The van der Waals surface area contributed by atoms with E-state index in [9.17, 15) is 9.90 Å². The quantitative estimate of drug-likeness (QED) is 0.656. The van der Waals surface area contributed by atoms with Crippen LogP contribution in [0.2, 0.25) is 0 Å². The van der Waals surface area contributed by atoms with Gasteiger partial charge in [0, 0.05) is 19.1 Å². The molecule has 0 spiro atoms. The highest BCUT2D eigenvalue weighted by molar-refractivity contribution is 5.81. The second-order valence-corrected chi connectivity index (χ2v) is 5.66. The lowest BCUT2D eigenvalue weighted by Gasteiger charge is -2.30. The summed E-state index contributed by atoms with van der Waals surface area (Å²) in [7, 11) is 0. The molecule has 90 valence electrons. The van der Waals surface area contributed by atoms with Gasteiger partial charge < -0.3 is 15.7 Å². The summed E-state index contributed by atoms with van der Waals surface area (Å²) in [5.41, 5.74) is 6.16. The van der Waals surface area contributed by atoms with Crippen LogP contribution in [0.5, 0.6) is 0 Å². The Balaban J connectivity index is 1.71. The molecule has 3 rings (SSSR count). The molecule has 4 nitrogen and oxygen atoms in total. The van der Waals surface area contributed by atoms with Crippen LogP contribution in [0.15, 0.2) is 0 Å². The number of nitrogens with zero attached hydrogens (tertiary/aromatic N) is 1. The Hall–Kier alpha value is -0.610. The summed E-state index contributed by atoms with van der Waals surface area (Å²) in [6.07, 6.45) is 3.93. The molecule has 3 aliphatic rings. The van der Waals surface area contributed by atoms with Crippen molar-refractivity contribution in [2.75, 3.05) is 13.1 Å². The number of carbonyl (C=O) groups is 1. The van der Waals surface area contributed by atoms with Crippen LogP contribution in [0, 0.1) is 17.8 Å². The smallest absolute Gasteiger partial charge is 0.227 e. The fraction of sp³-hybridized carbons (Fsp3) is 0.917. The van der Waals surface area contributed by atoms with Crippen molar-refractivity contribution in [3.8, 4) is 0 Å². The molecule has 0 aromatic carbocycles. The third-order valence-electron chi connectivity index (χ3n) is 4.74. The fourth-order valence-electron chi connectivity index (χ4n) is 3.86. The molecule has 0 aromatic rings. The number of β-amino-alcohol motifs (C(OH)–C–C–N with tert-alkyl or cyclic N) is 1. The zero-order valence-corrected chi connectivity index (χ0v) is 9.51. The molecule has 3 fully saturated rings. The van der Waals surface area contributed by atoms with Gasteiger partial charge in [0.05, 0.1) is 12.0 Å². The number of aliphatic hydroxyl groups is 1. The largest absolute Gasteiger partial charge is 0.391 e. The lowest BCUT2D eigenvalue weighted by Crippen LogP contribution is -2.46. The van der Waals surface area contributed by atoms with Gasteiger partial charge in [0.1, 0.15) is 0 Å². The average Bonchev–Trinajstić information content (AvgIpc) is 2.92. The zero-order chi connectivity index (χ0) is 11.3. The van der Waals surface area contributed by atoms with Gasteiger partial charge in [0.15, 0.2) is 0 Å². The topological polar surface area (TPSA) is 66.6 Å². The summed E-state index contributed by atoms with van der Waals surface area (Å²) in [4.78, 5) is 14.1. The number of nitrogens with two attached hydrogens (primary N) is 1. The third kappa shape index (κ3) is 1.47. The van der Waals surface area contributed by atoms with E-state index in [1.54, 1.807) is 0 Å². The average molecular weight is 224 g/mol. The Morgan fingerprint density at radius 2 is 2.00 bits per heavy atom. The SMILES string of the molecule is NC1C2CCC(C2)C1C(=O)N1CC[C@@H](O)C1. The molecule has 2 bridgehead atoms. The second-order valence-electron chi connectivity index (χ2n) is 5.66. The van der Waals surface area contributed by atoms with E-state index in [1.165, 1.54) is 12.8 Å². The molecule has 2 saturated carbocycles. The van der Waals surface area contributed by atoms with Gasteiger partial charge in [-0.3, -0.25) is 4.79 Å². The minimum atomic E-state index is -0.321. The number of carbonyl (C=O) groups excluding carboxylic acids is 1. The monoisotopic (exact) mass is 224 g/mol. The predicted octanol–water partition coefficient (Wildman–Crippen LogP) is -0.0470. The van der Waals surface area contributed by atoms with Crippen molar-refractivity contribution in [3.05, 3.63) is 0 Å². The lowest BCUT2D eigenvalue weighted by molar-refractivity contribution is -0.137. The second kappa shape index (κ2) is 3.70. The first-order chi connectivity index (χ1) is 7.66. The third-order valence-corrected chi connectivity index (χ3v) is 4.74. The van der Waals surface area contributed by atoms with Crippen LogP contribution in [-0.2, 0) is 4.79 Å². The molecule has 2 aliphatic carbocycles. The van der Waals surface area contributed by atoms with E-state index < -0.39 is 0 Å². The van der Waals surface area contributed by atoms with Gasteiger partial charge in [-0.25, -0.2) is 0 Å². The van der Waals surface area contributed by atoms with Crippen LogP contribution in [0.1, 0.15) is 25.7 Å². The number of likely N-dealkylation sites (tertiary alicyclic amines) is 1. The number of rotatable bonds is 1. The highest BCUT2D eigenvalue weighted by Gasteiger charge is 2.50. The maximum atomic E-state index is 12.3. The van der Waals surface area contributed by atoms with Gasteiger partial charge in [-0.2, -0.15) is 0 Å². The standard InChI is InChI=1S/C12H20N2O2/c13-11-8-2-1-7(5-8)10(11)12(16)14-4-3-9(15)6-14/h7-11,15H,1-6,13H2/t7?,8?,9-,10?,11?/m1/s1. The number of hydrogen-bond donors (Lipinski definition) is 2. The van der Waals surface area contributed by atoms with Crippen molar-refractivity contribution in [1.29, 1.82) is 0 Å². The summed E-state index contributed by atoms with van der Waals surface area (Å²) in [6, 6.07) is 0.0731. The summed E-state index contributed by atoms with van der Waals surface area (Å²) in [5, 5.41) is 9.46. The first-order valence-electron chi connectivity index (χ1n) is 6.39. The fourth-order valence-corrected chi connectivity index (χ4v) is 3.86. The maximum Gasteiger partial charge on any atom is 0.227 e. The van der Waals surface area contributed by atoms with Crippen LogP contribution < -0.4 is 5.73 Å². The molecule has 1 saturated heterocycles. The molecule has 16 heavy (non-hydrogen) atoms. The predicted molar refractivity (Wildman–Crippen MR) is 59.5 cm³/mol. The van der Waals surface area contributed by atoms with E-state index >= 15 is 0 Å². The molecule has 0 radical (unpaired) electrons. The van der Waals surface area contributed by atoms with Crippen molar-refractivity contribution in [1.82, 2.24) is 4.90 Å². The van der Waals surface area contributed by atoms with Crippen molar-refractivity contribution in [2.24, 2.45) is 23.5 Å². The van der Waals surface area contributed by atoms with Gasteiger partial charge in [-0.05, 0) is 37.5 Å². The van der Waals surface area contributed by atoms with Crippen molar-refractivity contribution < 1.29 is 9.90 Å². The van der Waals surface area contributed by atoms with E-state index in [2.05, 4.69) is 0 Å². The molecule has 4 heteroatoms. The Kier molecular flexibility index (Phi) is 2.44. The van der Waals surface area contributed by atoms with E-state index in [0.717, 1.165) is 12.8 Å².